The summed E-state index contributed by atoms with van der Waals surface area (Å²) in [5, 5.41) is 2.74. The van der Waals surface area contributed by atoms with Crippen molar-refractivity contribution in [3.05, 3.63) is 59.5 Å². The SMILES string of the molecule is COc1cc([C@H]2CC(=O)Nc3c2ncn3-c2cccc(C(F)(F)F)c2)cc2c1OCO2. The van der Waals surface area contributed by atoms with Crippen molar-refractivity contribution < 1.29 is 32.2 Å². The van der Waals surface area contributed by atoms with E-state index in [4.69, 9.17) is 14.2 Å². The van der Waals surface area contributed by atoms with E-state index in [1.54, 1.807) is 12.1 Å². The summed E-state index contributed by atoms with van der Waals surface area (Å²) in [7, 11) is 1.50. The van der Waals surface area contributed by atoms with E-state index >= 15 is 0 Å². The number of halogens is 3. The number of alkyl halides is 3. The van der Waals surface area contributed by atoms with Crippen LogP contribution in [0.1, 0.15) is 29.2 Å². The zero-order valence-corrected chi connectivity index (χ0v) is 16.2. The summed E-state index contributed by atoms with van der Waals surface area (Å²) in [5.41, 5.74) is 0.726. The first-order valence-electron chi connectivity index (χ1n) is 9.37. The average Bonchev–Trinajstić information content (AvgIpc) is 3.38. The summed E-state index contributed by atoms with van der Waals surface area (Å²) < 4.78 is 57.2. The van der Waals surface area contributed by atoms with Gasteiger partial charge in [-0.2, -0.15) is 13.2 Å². The molecule has 1 N–H and O–H groups in total. The minimum absolute atomic E-state index is 0.0652. The van der Waals surface area contributed by atoms with Gasteiger partial charge in [-0.3, -0.25) is 9.36 Å². The van der Waals surface area contributed by atoms with Crippen LogP contribution in [0.25, 0.3) is 5.69 Å². The van der Waals surface area contributed by atoms with E-state index in [9.17, 15) is 18.0 Å². The van der Waals surface area contributed by atoms with Crippen LogP contribution in [0.5, 0.6) is 17.2 Å². The predicted octanol–water partition coefficient (Wildman–Crippen LogP) is 4.10. The molecule has 0 saturated heterocycles. The Bertz CT molecular complexity index is 1190. The van der Waals surface area contributed by atoms with Crippen molar-refractivity contribution in [2.75, 3.05) is 19.2 Å². The molecule has 1 aromatic heterocycles. The third kappa shape index (κ3) is 3.24. The summed E-state index contributed by atoms with van der Waals surface area (Å²) >= 11 is 0. The minimum atomic E-state index is -4.48. The Balaban J connectivity index is 1.60. The molecule has 0 aliphatic carbocycles. The third-order valence-corrected chi connectivity index (χ3v) is 5.31. The summed E-state index contributed by atoms with van der Waals surface area (Å²) in [6.45, 7) is 0.0652. The highest BCUT2D eigenvalue weighted by atomic mass is 19.4. The molecule has 0 radical (unpaired) electrons. The van der Waals surface area contributed by atoms with Crippen molar-refractivity contribution in [2.24, 2.45) is 0 Å². The molecule has 0 saturated carbocycles. The Hall–Kier alpha value is -3.69. The summed E-state index contributed by atoms with van der Waals surface area (Å²) in [6.07, 6.45) is -2.95. The second kappa shape index (κ2) is 6.93. The molecule has 2 aliphatic heterocycles. The highest BCUT2D eigenvalue weighted by molar-refractivity contribution is 5.94. The number of carbonyl (C=O) groups excluding carboxylic acids is 1. The van der Waals surface area contributed by atoms with Gasteiger partial charge in [0.1, 0.15) is 12.1 Å². The number of ether oxygens (including phenoxy) is 3. The number of hydrogen-bond donors (Lipinski definition) is 1. The van der Waals surface area contributed by atoms with E-state index < -0.39 is 17.7 Å². The zero-order chi connectivity index (χ0) is 21.8. The molecular formula is C21H16F3N3O4. The van der Waals surface area contributed by atoms with Crippen molar-refractivity contribution in [3.8, 4) is 22.9 Å². The fourth-order valence-corrected chi connectivity index (χ4v) is 3.86. The minimum Gasteiger partial charge on any atom is -0.493 e. The number of amides is 1. The molecule has 3 heterocycles. The van der Waals surface area contributed by atoms with Crippen LogP contribution < -0.4 is 19.5 Å². The molecule has 5 rings (SSSR count). The number of aromatic nitrogens is 2. The Labute approximate surface area is 174 Å². The van der Waals surface area contributed by atoms with Crippen molar-refractivity contribution in [2.45, 2.75) is 18.5 Å². The van der Waals surface area contributed by atoms with Gasteiger partial charge in [0, 0.05) is 18.0 Å². The van der Waals surface area contributed by atoms with Gasteiger partial charge in [0.25, 0.3) is 0 Å². The van der Waals surface area contributed by atoms with Crippen molar-refractivity contribution in [1.29, 1.82) is 0 Å². The van der Waals surface area contributed by atoms with Crippen LogP contribution in [0.2, 0.25) is 0 Å². The normalized spacial score (nSPS) is 17.3. The van der Waals surface area contributed by atoms with Gasteiger partial charge in [-0.05, 0) is 35.9 Å². The second-order valence-electron chi connectivity index (χ2n) is 7.16. The Morgan fingerprint density at radius 1 is 1.23 bits per heavy atom. The maximum absolute atomic E-state index is 13.1. The molecule has 0 unspecified atom stereocenters. The average molecular weight is 431 g/mol. The van der Waals surface area contributed by atoms with Crippen LogP contribution in [-0.4, -0.2) is 29.4 Å². The number of benzene rings is 2. The number of anilines is 1. The molecule has 10 heteroatoms. The van der Waals surface area contributed by atoms with E-state index in [2.05, 4.69) is 10.3 Å². The van der Waals surface area contributed by atoms with E-state index in [-0.39, 0.29) is 24.8 Å². The fraction of sp³-hybridized carbons (Fsp3) is 0.238. The quantitative estimate of drug-likeness (QED) is 0.676. The molecule has 3 aromatic rings. The topological polar surface area (TPSA) is 74.6 Å². The Kier molecular flexibility index (Phi) is 4.31. The van der Waals surface area contributed by atoms with Crippen LogP contribution in [0.15, 0.2) is 42.7 Å². The molecule has 7 nitrogen and oxygen atoms in total. The Morgan fingerprint density at radius 2 is 2.06 bits per heavy atom. The maximum atomic E-state index is 13.1. The molecule has 2 aliphatic rings. The highest BCUT2D eigenvalue weighted by Crippen LogP contribution is 2.46. The van der Waals surface area contributed by atoms with E-state index in [1.165, 1.54) is 30.1 Å². The lowest BCUT2D eigenvalue weighted by Gasteiger charge is -2.24. The second-order valence-corrected chi connectivity index (χ2v) is 7.16. The first-order chi connectivity index (χ1) is 14.8. The van der Waals surface area contributed by atoms with Crippen molar-refractivity contribution in [3.63, 3.8) is 0 Å². The van der Waals surface area contributed by atoms with Crippen LogP contribution in [-0.2, 0) is 11.0 Å². The monoisotopic (exact) mass is 431 g/mol. The largest absolute Gasteiger partial charge is 0.493 e. The third-order valence-electron chi connectivity index (χ3n) is 5.31. The van der Waals surface area contributed by atoms with E-state index in [0.29, 0.717) is 28.8 Å². The zero-order valence-electron chi connectivity index (χ0n) is 16.2. The number of nitrogens with zero attached hydrogens (tertiary/aromatic N) is 2. The standard InChI is InChI=1S/C21H16F3N3O4/c1-29-15-5-11(6-16-19(15)31-10-30-16)14-8-17(28)26-20-18(14)25-9-27(20)13-4-2-3-12(7-13)21(22,23)24/h2-7,9,14H,8,10H2,1H3,(H,26,28)/t14-/m1/s1. The lowest BCUT2D eigenvalue weighted by Crippen LogP contribution is -2.25. The fourth-order valence-electron chi connectivity index (χ4n) is 3.86. The summed E-state index contributed by atoms with van der Waals surface area (Å²) in [5.74, 6) is 1.08. The maximum Gasteiger partial charge on any atom is 0.416 e. The van der Waals surface area contributed by atoms with Crippen LogP contribution in [0, 0.1) is 0 Å². The number of carbonyl (C=O) groups is 1. The molecule has 0 fully saturated rings. The lowest BCUT2D eigenvalue weighted by atomic mass is 9.89. The highest BCUT2D eigenvalue weighted by Gasteiger charge is 2.34. The molecule has 1 atom stereocenters. The molecule has 0 bridgehead atoms. The van der Waals surface area contributed by atoms with Gasteiger partial charge in [-0.25, -0.2) is 4.98 Å². The van der Waals surface area contributed by atoms with Gasteiger partial charge in [-0.1, -0.05) is 6.07 Å². The number of rotatable bonds is 3. The van der Waals surface area contributed by atoms with Gasteiger partial charge in [0.15, 0.2) is 11.5 Å². The molecule has 160 valence electrons. The van der Waals surface area contributed by atoms with Crippen LogP contribution in [0.3, 0.4) is 0 Å². The van der Waals surface area contributed by atoms with Crippen LogP contribution >= 0.6 is 0 Å². The number of methoxy groups -OCH3 is 1. The van der Waals surface area contributed by atoms with Crippen molar-refractivity contribution in [1.82, 2.24) is 9.55 Å². The molecular weight excluding hydrogens is 415 g/mol. The number of nitrogens with one attached hydrogen (secondary N) is 1. The van der Waals surface area contributed by atoms with Gasteiger partial charge in [0.2, 0.25) is 18.4 Å². The number of imidazole rings is 1. The molecule has 0 spiro atoms. The van der Waals surface area contributed by atoms with Gasteiger partial charge in [-0.15, -0.1) is 0 Å². The van der Waals surface area contributed by atoms with E-state index in [1.807, 2.05) is 0 Å². The van der Waals surface area contributed by atoms with Crippen LogP contribution in [0.4, 0.5) is 19.0 Å². The first-order valence-corrected chi connectivity index (χ1v) is 9.37. The molecule has 31 heavy (non-hydrogen) atoms. The summed E-state index contributed by atoms with van der Waals surface area (Å²) in [6, 6.07) is 8.37. The number of fused-ring (bicyclic) bond motifs is 2. The van der Waals surface area contributed by atoms with Gasteiger partial charge >= 0.3 is 6.18 Å². The van der Waals surface area contributed by atoms with Gasteiger partial charge in [0.05, 0.1) is 18.4 Å². The Morgan fingerprint density at radius 3 is 2.84 bits per heavy atom. The number of hydrogen-bond acceptors (Lipinski definition) is 5. The van der Waals surface area contributed by atoms with Crippen molar-refractivity contribution >= 4 is 11.7 Å². The van der Waals surface area contributed by atoms with E-state index in [0.717, 1.165) is 17.7 Å². The lowest BCUT2D eigenvalue weighted by molar-refractivity contribution is -0.137. The molecule has 1 amide bonds. The smallest absolute Gasteiger partial charge is 0.416 e. The molecule has 2 aromatic carbocycles. The predicted molar refractivity (Wildman–Crippen MR) is 103 cm³/mol. The van der Waals surface area contributed by atoms with Gasteiger partial charge < -0.3 is 19.5 Å². The first kappa shape index (κ1) is 19.3. The summed E-state index contributed by atoms with van der Waals surface area (Å²) in [4.78, 5) is 16.9.